The van der Waals surface area contributed by atoms with E-state index in [1.54, 1.807) is 11.0 Å². The Kier molecular flexibility index (Phi) is 6.52. The number of carbonyl (C=O) groups excluding carboxylic acids is 1. The second-order valence-electron chi connectivity index (χ2n) is 7.01. The Morgan fingerprint density at radius 3 is 2.38 bits per heavy atom. The minimum atomic E-state index is -1.46. The summed E-state index contributed by atoms with van der Waals surface area (Å²) in [6.45, 7) is 9.12. The van der Waals surface area contributed by atoms with Crippen molar-refractivity contribution in [3.05, 3.63) is 27.3 Å². The van der Waals surface area contributed by atoms with Gasteiger partial charge in [-0.3, -0.25) is 4.90 Å². The quantitative estimate of drug-likeness (QED) is 0.537. The summed E-state index contributed by atoms with van der Waals surface area (Å²) in [6, 6.07) is 5.61. The summed E-state index contributed by atoms with van der Waals surface area (Å²) in [5.74, 6) is 0. The first-order valence-electron chi connectivity index (χ1n) is 8.00. The Labute approximate surface area is 157 Å². The van der Waals surface area contributed by atoms with E-state index in [9.17, 15) is 14.8 Å². The zero-order valence-corrected chi connectivity index (χ0v) is 16.5. The van der Waals surface area contributed by atoms with E-state index in [1.807, 2.05) is 32.9 Å². The van der Waals surface area contributed by atoms with Gasteiger partial charge in [0.2, 0.25) is 0 Å². The normalized spacial score (nSPS) is 16.2. The van der Waals surface area contributed by atoms with Gasteiger partial charge in [0.15, 0.2) is 0 Å². The van der Waals surface area contributed by atoms with E-state index in [2.05, 4.69) is 27.5 Å². The predicted molar refractivity (Wildman–Crippen MR) is 102 cm³/mol. The van der Waals surface area contributed by atoms with E-state index in [0.717, 1.165) is 28.8 Å². The van der Waals surface area contributed by atoms with Crippen molar-refractivity contribution in [3.8, 4) is 0 Å². The number of benzene rings is 1. The van der Waals surface area contributed by atoms with Crippen LogP contribution in [0.2, 0.25) is 0 Å². The fourth-order valence-electron chi connectivity index (χ4n) is 2.59. The Bertz CT molecular complexity index is 584. The number of rotatable bonds is 3. The standard InChI is InChI=1S/C16H24BIN2O4/c1-16(2,3)24-15(21)20-6-4-19(5-7-20)11-12-8-13(17(22)23)10-14(18)9-12/h8-10,22-23H,4-7,11H2,1-3H3. The number of nitrogens with zero attached hydrogens (tertiary/aromatic N) is 2. The van der Waals surface area contributed by atoms with Gasteiger partial charge in [-0.15, -0.1) is 0 Å². The van der Waals surface area contributed by atoms with Crippen molar-refractivity contribution < 1.29 is 19.6 Å². The molecule has 1 saturated heterocycles. The molecule has 0 bridgehead atoms. The number of halogens is 1. The molecule has 0 spiro atoms. The Balaban J connectivity index is 1.90. The fourth-order valence-corrected chi connectivity index (χ4v) is 3.35. The number of hydrogen-bond acceptors (Lipinski definition) is 5. The summed E-state index contributed by atoms with van der Waals surface area (Å²) < 4.78 is 6.37. The van der Waals surface area contributed by atoms with Crippen molar-refractivity contribution >= 4 is 41.3 Å². The van der Waals surface area contributed by atoms with Crippen LogP contribution in [0.5, 0.6) is 0 Å². The van der Waals surface area contributed by atoms with Crippen LogP contribution in [0.4, 0.5) is 4.79 Å². The predicted octanol–water partition coefficient (Wildman–Crippen LogP) is 1.02. The lowest BCUT2D eigenvalue weighted by Crippen LogP contribution is -2.49. The van der Waals surface area contributed by atoms with Gasteiger partial charge in [0.05, 0.1) is 0 Å². The Morgan fingerprint density at radius 1 is 1.21 bits per heavy atom. The molecule has 24 heavy (non-hydrogen) atoms. The number of piperazine rings is 1. The molecular formula is C16H24BIN2O4. The van der Waals surface area contributed by atoms with Gasteiger partial charge in [0.1, 0.15) is 5.60 Å². The minimum Gasteiger partial charge on any atom is -0.444 e. The largest absolute Gasteiger partial charge is 0.488 e. The smallest absolute Gasteiger partial charge is 0.444 e. The van der Waals surface area contributed by atoms with E-state index in [0.29, 0.717) is 18.6 Å². The summed E-state index contributed by atoms with van der Waals surface area (Å²) in [4.78, 5) is 16.1. The van der Waals surface area contributed by atoms with Gasteiger partial charge in [-0.05, 0) is 66.5 Å². The van der Waals surface area contributed by atoms with Crippen LogP contribution in [0.25, 0.3) is 0 Å². The summed E-state index contributed by atoms with van der Waals surface area (Å²) in [5.41, 5.74) is 1.07. The SMILES string of the molecule is CC(C)(C)OC(=O)N1CCN(Cc2cc(I)cc(B(O)O)c2)CC1. The fraction of sp³-hybridized carbons (Fsp3) is 0.562. The van der Waals surface area contributed by atoms with E-state index in [4.69, 9.17) is 4.74 Å². The first-order chi connectivity index (χ1) is 11.1. The van der Waals surface area contributed by atoms with E-state index < -0.39 is 12.7 Å². The molecule has 0 aliphatic carbocycles. The molecule has 1 aliphatic heterocycles. The number of hydrogen-bond donors (Lipinski definition) is 2. The third-order valence-electron chi connectivity index (χ3n) is 3.71. The highest BCUT2D eigenvalue weighted by atomic mass is 127. The average Bonchev–Trinajstić information content (AvgIpc) is 2.45. The molecule has 0 atom stereocenters. The summed E-state index contributed by atoms with van der Waals surface area (Å²) >= 11 is 2.17. The lowest BCUT2D eigenvalue weighted by Gasteiger charge is -2.35. The van der Waals surface area contributed by atoms with Gasteiger partial charge in [0.25, 0.3) is 0 Å². The van der Waals surface area contributed by atoms with Crippen LogP contribution in [-0.4, -0.2) is 64.8 Å². The second kappa shape index (κ2) is 8.03. The van der Waals surface area contributed by atoms with Gasteiger partial charge in [0, 0.05) is 36.3 Å². The molecular weight excluding hydrogens is 422 g/mol. The van der Waals surface area contributed by atoms with E-state index in [1.165, 1.54) is 0 Å². The maximum absolute atomic E-state index is 12.1. The number of ether oxygens (including phenoxy) is 1. The van der Waals surface area contributed by atoms with E-state index in [-0.39, 0.29) is 6.09 Å². The summed E-state index contributed by atoms with van der Waals surface area (Å²) in [5, 5.41) is 18.7. The molecule has 1 aliphatic rings. The summed E-state index contributed by atoms with van der Waals surface area (Å²) in [7, 11) is -1.46. The number of amides is 1. The molecule has 1 heterocycles. The molecule has 1 amide bonds. The maximum Gasteiger partial charge on any atom is 0.488 e. The van der Waals surface area contributed by atoms with Crippen LogP contribution in [0.3, 0.4) is 0 Å². The van der Waals surface area contributed by atoms with Crippen LogP contribution in [0.1, 0.15) is 26.3 Å². The van der Waals surface area contributed by atoms with E-state index >= 15 is 0 Å². The lowest BCUT2D eigenvalue weighted by atomic mass is 9.79. The topological polar surface area (TPSA) is 73.2 Å². The highest BCUT2D eigenvalue weighted by Gasteiger charge is 2.26. The lowest BCUT2D eigenvalue weighted by molar-refractivity contribution is 0.0139. The third kappa shape index (κ3) is 5.91. The molecule has 0 radical (unpaired) electrons. The third-order valence-corrected chi connectivity index (χ3v) is 4.33. The van der Waals surface area contributed by atoms with Crippen LogP contribution in [-0.2, 0) is 11.3 Å². The van der Waals surface area contributed by atoms with Gasteiger partial charge in [-0.2, -0.15) is 0 Å². The first kappa shape index (κ1) is 19.5. The van der Waals surface area contributed by atoms with Crippen LogP contribution in [0.15, 0.2) is 18.2 Å². The summed E-state index contributed by atoms with van der Waals surface area (Å²) in [6.07, 6.45) is -0.262. The molecule has 0 saturated carbocycles. The van der Waals surface area contributed by atoms with Crippen molar-refractivity contribution in [1.82, 2.24) is 9.80 Å². The Hall–Kier alpha value is -0.835. The van der Waals surface area contributed by atoms with Crippen molar-refractivity contribution in [2.24, 2.45) is 0 Å². The van der Waals surface area contributed by atoms with Gasteiger partial charge >= 0.3 is 13.2 Å². The minimum absolute atomic E-state index is 0.262. The van der Waals surface area contributed by atoms with Crippen molar-refractivity contribution in [2.45, 2.75) is 32.9 Å². The highest BCUT2D eigenvalue weighted by molar-refractivity contribution is 14.1. The van der Waals surface area contributed by atoms with Crippen LogP contribution in [0, 0.1) is 3.57 Å². The number of carbonyl (C=O) groups is 1. The molecule has 2 rings (SSSR count). The van der Waals surface area contributed by atoms with Crippen LogP contribution < -0.4 is 5.46 Å². The van der Waals surface area contributed by atoms with Gasteiger partial charge in [-0.1, -0.05) is 6.07 Å². The molecule has 1 fully saturated rings. The molecule has 2 N–H and O–H groups in total. The maximum atomic E-state index is 12.1. The molecule has 1 aromatic rings. The van der Waals surface area contributed by atoms with Crippen molar-refractivity contribution in [1.29, 1.82) is 0 Å². The molecule has 132 valence electrons. The van der Waals surface area contributed by atoms with Gasteiger partial charge in [-0.25, -0.2) is 4.79 Å². The molecule has 0 aromatic heterocycles. The van der Waals surface area contributed by atoms with Crippen molar-refractivity contribution in [2.75, 3.05) is 26.2 Å². The highest BCUT2D eigenvalue weighted by Crippen LogP contribution is 2.14. The zero-order valence-electron chi connectivity index (χ0n) is 14.3. The molecule has 8 heteroatoms. The monoisotopic (exact) mass is 446 g/mol. The first-order valence-corrected chi connectivity index (χ1v) is 9.08. The second-order valence-corrected chi connectivity index (χ2v) is 8.26. The average molecular weight is 446 g/mol. The van der Waals surface area contributed by atoms with Crippen LogP contribution >= 0.6 is 22.6 Å². The Morgan fingerprint density at radius 2 is 1.83 bits per heavy atom. The molecule has 0 unspecified atom stereocenters. The van der Waals surface area contributed by atoms with Crippen molar-refractivity contribution in [3.63, 3.8) is 0 Å². The van der Waals surface area contributed by atoms with Gasteiger partial charge < -0.3 is 19.7 Å². The molecule has 6 nitrogen and oxygen atoms in total. The zero-order chi connectivity index (χ0) is 17.9. The molecule has 1 aromatic carbocycles.